The number of nitrogens with one attached hydrogen (secondary N) is 1. The number of aryl methyl sites for hydroxylation is 3. The Bertz CT molecular complexity index is 790. The van der Waals surface area contributed by atoms with Crippen molar-refractivity contribution < 1.29 is 9.53 Å². The lowest BCUT2D eigenvalue weighted by atomic mass is 10.1. The number of halogens is 2. The first-order chi connectivity index (χ1) is 11.3. The first-order valence-electron chi connectivity index (χ1n) is 7.41. The van der Waals surface area contributed by atoms with Gasteiger partial charge in [-0.05, 0) is 50.1 Å². The van der Waals surface area contributed by atoms with Crippen LogP contribution in [0.15, 0.2) is 30.3 Å². The number of hydrogen-bond donors (Lipinski definition) is 1. The SMILES string of the molecule is COc1c(Cl)cc(Cl)cc1C=CC(=O)Nc1c(C)cc(C)cc1C. The molecule has 0 bridgehead atoms. The van der Waals surface area contributed by atoms with Gasteiger partial charge in [-0.25, -0.2) is 0 Å². The van der Waals surface area contributed by atoms with Crippen molar-refractivity contribution in [1.82, 2.24) is 0 Å². The van der Waals surface area contributed by atoms with E-state index < -0.39 is 0 Å². The minimum Gasteiger partial charge on any atom is -0.495 e. The molecule has 5 heteroatoms. The van der Waals surface area contributed by atoms with Crippen LogP contribution in [0.2, 0.25) is 10.0 Å². The van der Waals surface area contributed by atoms with Crippen molar-refractivity contribution >= 4 is 40.9 Å². The summed E-state index contributed by atoms with van der Waals surface area (Å²) in [6.07, 6.45) is 3.06. The van der Waals surface area contributed by atoms with E-state index in [0.29, 0.717) is 21.4 Å². The van der Waals surface area contributed by atoms with Crippen LogP contribution in [0.1, 0.15) is 22.3 Å². The van der Waals surface area contributed by atoms with Crippen LogP contribution >= 0.6 is 23.2 Å². The number of carbonyl (C=O) groups is 1. The van der Waals surface area contributed by atoms with Crippen LogP contribution in [0.5, 0.6) is 5.75 Å². The average molecular weight is 364 g/mol. The first-order valence-corrected chi connectivity index (χ1v) is 8.17. The standard InChI is InChI=1S/C19H19Cl2NO2/c1-11-7-12(2)18(13(3)8-11)22-17(23)6-5-14-9-15(20)10-16(21)19(14)24-4/h5-10H,1-4H3,(H,22,23). The lowest BCUT2D eigenvalue weighted by Gasteiger charge is -2.11. The third-order valence-corrected chi connectivity index (χ3v) is 4.08. The average Bonchev–Trinajstić information content (AvgIpc) is 2.48. The molecular weight excluding hydrogens is 345 g/mol. The van der Waals surface area contributed by atoms with Crippen LogP contribution in [0, 0.1) is 20.8 Å². The maximum atomic E-state index is 12.2. The summed E-state index contributed by atoms with van der Waals surface area (Å²) in [7, 11) is 1.52. The summed E-state index contributed by atoms with van der Waals surface area (Å²) >= 11 is 12.1. The Kier molecular flexibility index (Phi) is 5.92. The van der Waals surface area contributed by atoms with Gasteiger partial charge in [-0.15, -0.1) is 0 Å². The molecule has 0 aliphatic rings. The van der Waals surface area contributed by atoms with E-state index in [0.717, 1.165) is 22.4 Å². The predicted molar refractivity (Wildman–Crippen MR) is 101 cm³/mol. The van der Waals surface area contributed by atoms with Gasteiger partial charge < -0.3 is 10.1 Å². The van der Waals surface area contributed by atoms with E-state index in [1.165, 1.54) is 13.2 Å². The summed E-state index contributed by atoms with van der Waals surface area (Å²) in [5, 5.41) is 3.79. The highest BCUT2D eigenvalue weighted by Gasteiger charge is 2.09. The maximum absolute atomic E-state index is 12.2. The second-order valence-corrected chi connectivity index (χ2v) is 6.45. The van der Waals surface area contributed by atoms with Crippen LogP contribution in [0.4, 0.5) is 5.69 Å². The summed E-state index contributed by atoms with van der Waals surface area (Å²) < 4.78 is 5.26. The summed E-state index contributed by atoms with van der Waals surface area (Å²) in [6.45, 7) is 5.97. The zero-order valence-electron chi connectivity index (χ0n) is 14.0. The molecule has 0 aromatic heterocycles. The molecule has 2 rings (SSSR count). The number of rotatable bonds is 4. The third kappa shape index (κ3) is 4.31. The Morgan fingerprint density at radius 1 is 1.08 bits per heavy atom. The van der Waals surface area contributed by atoms with Gasteiger partial charge in [0.25, 0.3) is 0 Å². The fourth-order valence-electron chi connectivity index (χ4n) is 2.63. The fraction of sp³-hybridized carbons (Fsp3) is 0.211. The van der Waals surface area contributed by atoms with Gasteiger partial charge in [0.15, 0.2) is 0 Å². The maximum Gasteiger partial charge on any atom is 0.248 e. The molecule has 0 saturated carbocycles. The van der Waals surface area contributed by atoms with Gasteiger partial charge in [0, 0.05) is 22.3 Å². The van der Waals surface area contributed by atoms with Crippen LogP contribution in [-0.4, -0.2) is 13.0 Å². The van der Waals surface area contributed by atoms with E-state index in [-0.39, 0.29) is 5.91 Å². The van der Waals surface area contributed by atoms with E-state index in [4.69, 9.17) is 27.9 Å². The molecule has 2 aromatic carbocycles. The van der Waals surface area contributed by atoms with Crippen molar-refractivity contribution in [1.29, 1.82) is 0 Å². The minimum atomic E-state index is -0.233. The fourth-order valence-corrected chi connectivity index (χ4v) is 3.21. The smallest absolute Gasteiger partial charge is 0.248 e. The normalized spacial score (nSPS) is 10.9. The monoisotopic (exact) mass is 363 g/mol. The molecule has 3 nitrogen and oxygen atoms in total. The molecule has 126 valence electrons. The molecule has 2 aromatic rings. The van der Waals surface area contributed by atoms with E-state index >= 15 is 0 Å². The second kappa shape index (κ2) is 7.73. The first kappa shape index (κ1) is 18.4. The van der Waals surface area contributed by atoms with Crippen LogP contribution < -0.4 is 10.1 Å². The molecule has 0 heterocycles. The molecule has 1 amide bonds. The van der Waals surface area contributed by atoms with Gasteiger partial charge in [-0.1, -0.05) is 40.9 Å². The second-order valence-electron chi connectivity index (χ2n) is 5.61. The Morgan fingerprint density at radius 2 is 1.71 bits per heavy atom. The Balaban J connectivity index is 2.23. The largest absolute Gasteiger partial charge is 0.495 e. The van der Waals surface area contributed by atoms with E-state index in [1.807, 2.05) is 32.9 Å². The molecule has 0 fully saturated rings. The number of benzene rings is 2. The van der Waals surface area contributed by atoms with Gasteiger partial charge in [0.1, 0.15) is 5.75 Å². The molecule has 24 heavy (non-hydrogen) atoms. The van der Waals surface area contributed by atoms with E-state index in [1.54, 1.807) is 18.2 Å². The highest BCUT2D eigenvalue weighted by molar-refractivity contribution is 6.36. The number of methoxy groups -OCH3 is 1. The van der Waals surface area contributed by atoms with Crippen LogP contribution in [-0.2, 0) is 4.79 Å². The molecule has 0 spiro atoms. The number of ether oxygens (including phenoxy) is 1. The highest BCUT2D eigenvalue weighted by atomic mass is 35.5. The molecule has 0 saturated heterocycles. The molecule has 0 atom stereocenters. The van der Waals surface area contributed by atoms with Crippen LogP contribution in [0.3, 0.4) is 0 Å². The number of anilines is 1. The van der Waals surface area contributed by atoms with Crippen LogP contribution in [0.25, 0.3) is 6.08 Å². The van der Waals surface area contributed by atoms with Gasteiger partial charge in [-0.2, -0.15) is 0 Å². The van der Waals surface area contributed by atoms with E-state index in [9.17, 15) is 4.79 Å². The Morgan fingerprint density at radius 3 is 2.29 bits per heavy atom. The van der Waals surface area contributed by atoms with Gasteiger partial charge in [-0.3, -0.25) is 4.79 Å². The third-order valence-electron chi connectivity index (χ3n) is 3.58. The number of carbonyl (C=O) groups excluding carboxylic acids is 1. The van der Waals surface area contributed by atoms with Crippen molar-refractivity contribution in [3.63, 3.8) is 0 Å². The minimum absolute atomic E-state index is 0.233. The molecule has 0 unspecified atom stereocenters. The lowest BCUT2D eigenvalue weighted by Crippen LogP contribution is -2.10. The quantitative estimate of drug-likeness (QED) is 0.720. The molecular formula is C19H19Cl2NO2. The summed E-state index contributed by atoms with van der Waals surface area (Å²) in [5.41, 5.74) is 4.68. The predicted octanol–water partition coefficient (Wildman–Crippen LogP) is 5.58. The zero-order valence-corrected chi connectivity index (χ0v) is 15.5. The van der Waals surface area contributed by atoms with Gasteiger partial charge in [0.2, 0.25) is 5.91 Å². The van der Waals surface area contributed by atoms with Gasteiger partial charge >= 0.3 is 0 Å². The molecule has 0 radical (unpaired) electrons. The Labute approximate surface area is 152 Å². The Hall–Kier alpha value is -1.97. The summed E-state index contributed by atoms with van der Waals surface area (Å²) in [4.78, 5) is 12.2. The topological polar surface area (TPSA) is 38.3 Å². The van der Waals surface area contributed by atoms with Crippen molar-refractivity contribution in [2.45, 2.75) is 20.8 Å². The van der Waals surface area contributed by atoms with Gasteiger partial charge in [0.05, 0.1) is 12.1 Å². The molecule has 0 aliphatic carbocycles. The van der Waals surface area contributed by atoms with Crippen molar-refractivity contribution in [2.24, 2.45) is 0 Å². The van der Waals surface area contributed by atoms with Crippen molar-refractivity contribution in [3.8, 4) is 5.75 Å². The highest BCUT2D eigenvalue weighted by Crippen LogP contribution is 2.33. The van der Waals surface area contributed by atoms with E-state index in [2.05, 4.69) is 5.32 Å². The molecule has 0 aliphatic heterocycles. The number of amides is 1. The zero-order chi connectivity index (χ0) is 17.9. The molecule has 1 N–H and O–H groups in total. The van der Waals surface area contributed by atoms with Crippen molar-refractivity contribution in [2.75, 3.05) is 12.4 Å². The summed E-state index contributed by atoms with van der Waals surface area (Å²) in [5.74, 6) is 0.246. The lowest BCUT2D eigenvalue weighted by molar-refractivity contribution is -0.111. The number of hydrogen-bond acceptors (Lipinski definition) is 2. The van der Waals surface area contributed by atoms with Crippen molar-refractivity contribution in [3.05, 3.63) is 62.6 Å². The summed E-state index contributed by atoms with van der Waals surface area (Å²) in [6, 6.07) is 7.36.